The SMILES string of the molecule is OC1CN(C/C(Cl)=C/Cl)CC12CC2. The Morgan fingerprint density at radius 3 is 2.77 bits per heavy atom. The van der Waals surface area contributed by atoms with Gasteiger partial charge in [0.05, 0.1) is 6.10 Å². The van der Waals surface area contributed by atoms with Crippen LogP contribution in [0.25, 0.3) is 0 Å². The van der Waals surface area contributed by atoms with E-state index < -0.39 is 0 Å². The molecule has 1 unspecified atom stereocenters. The fourth-order valence-electron chi connectivity index (χ4n) is 2.07. The van der Waals surface area contributed by atoms with Gasteiger partial charge in [0, 0.05) is 35.6 Å². The van der Waals surface area contributed by atoms with Crippen LogP contribution in [0.5, 0.6) is 0 Å². The number of likely N-dealkylation sites (tertiary alicyclic amines) is 1. The highest BCUT2D eigenvalue weighted by Crippen LogP contribution is 2.52. The molecule has 0 aromatic rings. The fraction of sp³-hybridized carbons (Fsp3) is 0.778. The van der Waals surface area contributed by atoms with Crippen LogP contribution in [-0.4, -0.2) is 35.7 Å². The van der Waals surface area contributed by atoms with E-state index in [0.717, 1.165) is 25.9 Å². The van der Waals surface area contributed by atoms with E-state index in [1.165, 1.54) is 5.54 Å². The third-order valence-electron chi connectivity index (χ3n) is 3.06. The van der Waals surface area contributed by atoms with Gasteiger partial charge in [0.15, 0.2) is 0 Å². The van der Waals surface area contributed by atoms with Gasteiger partial charge in [-0.1, -0.05) is 23.2 Å². The van der Waals surface area contributed by atoms with Gasteiger partial charge < -0.3 is 5.11 Å². The Morgan fingerprint density at radius 2 is 2.31 bits per heavy atom. The number of β-amino-alcohol motifs (C(OH)–C–C–N with tert-alkyl or cyclic N) is 1. The normalized spacial score (nSPS) is 32.8. The number of hydrogen-bond acceptors (Lipinski definition) is 2. The van der Waals surface area contributed by atoms with Crippen LogP contribution < -0.4 is 0 Å². The molecule has 2 nitrogen and oxygen atoms in total. The van der Waals surface area contributed by atoms with E-state index in [2.05, 4.69) is 4.90 Å². The summed E-state index contributed by atoms with van der Waals surface area (Å²) in [6.07, 6.45) is 2.16. The quantitative estimate of drug-likeness (QED) is 0.769. The van der Waals surface area contributed by atoms with E-state index >= 15 is 0 Å². The monoisotopic (exact) mass is 221 g/mol. The Labute approximate surface area is 88.1 Å². The van der Waals surface area contributed by atoms with Crippen molar-refractivity contribution in [2.24, 2.45) is 5.41 Å². The van der Waals surface area contributed by atoms with Gasteiger partial charge >= 0.3 is 0 Å². The predicted molar refractivity (Wildman–Crippen MR) is 53.9 cm³/mol. The summed E-state index contributed by atoms with van der Waals surface area (Å²) >= 11 is 11.3. The molecule has 0 radical (unpaired) electrons. The Hall–Kier alpha value is 0.240. The molecule has 13 heavy (non-hydrogen) atoms. The molecular weight excluding hydrogens is 209 g/mol. The van der Waals surface area contributed by atoms with Crippen LogP contribution in [0.15, 0.2) is 10.6 Å². The molecule has 4 heteroatoms. The molecule has 1 spiro atoms. The zero-order chi connectivity index (χ0) is 9.47. The van der Waals surface area contributed by atoms with E-state index in [4.69, 9.17) is 23.2 Å². The van der Waals surface area contributed by atoms with E-state index in [1.54, 1.807) is 0 Å². The molecular formula is C9H13Cl2NO. The van der Waals surface area contributed by atoms with Crippen molar-refractivity contribution in [3.8, 4) is 0 Å². The summed E-state index contributed by atoms with van der Waals surface area (Å²) in [5.41, 5.74) is 1.61. The largest absolute Gasteiger partial charge is 0.391 e. The van der Waals surface area contributed by atoms with Gasteiger partial charge in [-0.15, -0.1) is 0 Å². The van der Waals surface area contributed by atoms with Crippen LogP contribution in [0.4, 0.5) is 0 Å². The molecule has 1 N–H and O–H groups in total. The maximum absolute atomic E-state index is 9.74. The molecule has 1 heterocycles. The topological polar surface area (TPSA) is 23.5 Å². The number of hydrogen-bond donors (Lipinski definition) is 1. The summed E-state index contributed by atoms with van der Waals surface area (Å²) in [5, 5.41) is 10.4. The van der Waals surface area contributed by atoms with Crippen LogP contribution in [0.1, 0.15) is 12.8 Å². The average molecular weight is 222 g/mol. The maximum Gasteiger partial charge on any atom is 0.0735 e. The van der Waals surface area contributed by atoms with Crippen molar-refractivity contribution >= 4 is 23.2 Å². The van der Waals surface area contributed by atoms with Gasteiger partial charge in [-0.25, -0.2) is 0 Å². The van der Waals surface area contributed by atoms with Crippen molar-refractivity contribution < 1.29 is 5.11 Å². The van der Waals surface area contributed by atoms with Gasteiger partial charge in [-0.05, 0) is 12.8 Å². The molecule has 0 aromatic carbocycles. The Bertz CT molecular complexity index is 238. The first-order valence-corrected chi connectivity index (χ1v) is 5.33. The molecule has 0 aromatic heterocycles. The van der Waals surface area contributed by atoms with Gasteiger partial charge in [-0.2, -0.15) is 0 Å². The Balaban J connectivity index is 1.91. The summed E-state index contributed by atoms with van der Waals surface area (Å²) in [6, 6.07) is 0. The minimum Gasteiger partial charge on any atom is -0.391 e. The van der Waals surface area contributed by atoms with E-state index in [0.29, 0.717) is 11.6 Å². The number of nitrogens with zero attached hydrogens (tertiary/aromatic N) is 1. The lowest BCUT2D eigenvalue weighted by atomic mass is 10.0. The second-order valence-electron chi connectivity index (χ2n) is 4.10. The molecule has 1 saturated carbocycles. The molecule has 1 aliphatic heterocycles. The first kappa shape index (κ1) is 9.78. The van der Waals surface area contributed by atoms with Crippen molar-refractivity contribution in [3.63, 3.8) is 0 Å². The molecule has 2 rings (SSSR count). The minimum absolute atomic E-state index is 0.160. The van der Waals surface area contributed by atoms with E-state index in [9.17, 15) is 5.11 Å². The molecule has 2 aliphatic rings. The molecule has 0 bridgehead atoms. The average Bonchev–Trinajstić information content (AvgIpc) is 2.78. The van der Waals surface area contributed by atoms with Gasteiger partial charge in [0.25, 0.3) is 0 Å². The minimum atomic E-state index is -0.160. The van der Waals surface area contributed by atoms with Crippen molar-refractivity contribution in [1.29, 1.82) is 0 Å². The first-order chi connectivity index (χ1) is 6.16. The predicted octanol–water partition coefficient (Wildman–Crippen LogP) is 1.76. The van der Waals surface area contributed by atoms with Crippen LogP contribution in [0, 0.1) is 5.41 Å². The Kier molecular flexibility index (Phi) is 2.58. The summed E-state index contributed by atoms with van der Waals surface area (Å²) in [4.78, 5) is 2.17. The van der Waals surface area contributed by atoms with Crippen molar-refractivity contribution in [2.75, 3.05) is 19.6 Å². The smallest absolute Gasteiger partial charge is 0.0735 e. The summed E-state index contributed by atoms with van der Waals surface area (Å²) in [7, 11) is 0. The highest BCUT2D eigenvalue weighted by molar-refractivity contribution is 6.36. The standard InChI is InChI=1S/C9H13Cl2NO/c10-3-7(11)4-12-5-8(13)9(6-12)1-2-9/h3,8,13H,1-2,4-6H2/b7-3-. The van der Waals surface area contributed by atoms with E-state index in [1.807, 2.05) is 0 Å². The molecule has 0 amide bonds. The fourth-order valence-corrected chi connectivity index (χ4v) is 2.31. The second-order valence-corrected chi connectivity index (χ2v) is 4.81. The molecule has 1 saturated heterocycles. The summed E-state index contributed by atoms with van der Waals surface area (Å²) in [6.45, 7) is 2.37. The Morgan fingerprint density at radius 1 is 1.62 bits per heavy atom. The van der Waals surface area contributed by atoms with Crippen LogP contribution in [0.2, 0.25) is 0 Å². The zero-order valence-electron chi connectivity index (χ0n) is 7.34. The van der Waals surface area contributed by atoms with Crippen molar-refractivity contribution in [3.05, 3.63) is 10.6 Å². The number of rotatable bonds is 2. The lowest BCUT2D eigenvalue weighted by Gasteiger charge is -2.13. The lowest BCUT2D eigenvalue weighted by Crippen LogP contribution is -2.23. The third kappa shape index (κ3) is 1.86. The van der Waals surface area contributed by atoms with Crippen molar-refractivity contribution in [2.45, 2.75) is 18.9 Å². The van der Waals surface area contributed by atoms with Crippen LogP contribution in [-0.2, 0) is 0 Å². The van der Waals surface area contributed by atoms with Gasteiger partial charge in [-0.3, -0.25) is 4.90 Å². The molecule has 1 aliphatic carbocycles. The van der Waals surface area contributed by atoms with Crippen LogP contribution >= 0.6 is 23.2 Å². The maximum atomic E-state index is 9.74. The van der Waals surface area contributed by atoms with Crippen LogP contribution in [0.3, 0.4) is 0 Å². The van der Waals surface area contributed by atoms with Crippen molar-refractivity contribution in [1.82, 2.24) is 4.90 Å². The highest BCUT2D eigenvalue weighted by atomic mass is 35.5. The van der Waals surface area contributed by atoms with Gasteiger partial charge in [0.1, 0.15) is 0 Å². The molecule has 2 fully saturated rings. The highest BCUT2D eigenvalue weighted by Gasteiger charge is 2.54. The summed E-state index contributed by atoms with van der Waals surface area (Å²) < 4.78 is 0. The number of aliphatic hydroxyl groups is 1. The lowest BCUT2D eigenvalue weighted by molar-refractivity contribution is 0.132. The number of aliphatic hydroxyl groups excluding tert-OH is 1. The summed E-state index contributed by atoms with van der Waals surface area (Å²) in [5.74, 6) is 0. The second kappa shape index (κ2) is 3.43. The van der Waals surface area contributed by atoms with Gasteiger partial charge in [0.2, 0.25) is 0 Å². The van der Waals surface area contributed by atoms with E-state index in [-0.39, 0.29) is 11.5 Å². The third-order valence-corrected chi connectivity index (χ3v) is 3.67. The number of halogens is 2. The molecule has 1 atom stereocenters. The zero-order valence-corrected chi connectivity index (χ0v) is 8.85. The molecule has 74 valence electrons. The first-order valence-electron chi connectivity index (χ1n) is 4.51.